The van der Waals surface area contributed by atoms with E-state index in [1.807, 2.05) is 11.8 Å². The topological polar surface area (TPSA) is 12.0 Å². The van der Waals surface area contributed by atoms with Gasteiger partial charge in [0.05, 0.1) is 0 Å². The normalized spacial score (nSPS) is 15.7. The molecule has 0 fully saturated rings. The Morgan fingerprint density at radius 1 is 1.46 bits per heavy atom. The Morgan fingerprint density at radius 2 is 2.15 bits per heavy atom. The molecule has 1 nitrogen and oxygen atoms in total. The molecule has 1 unspecified atom stereocenters. The highest BCUT2D eigenvalue weighted by Gasteiger charge is 2.19. The third kappa shape index (κ3) is 6.64. The van der Waals surface area contributed by atoms with Crippen LogP contribution in [0.25, 0.3) is 0 Å². The van der Waals surface area contributed by atoms with Gasteiger partial charge in [0.2, 0.25) is 0 Å². The monoisotopic (exact) mass is 223 g/mol. The molecule has 13 heavy (non-hydrogen) atoms. The fourth-order valence-electron chi connectivity index (χ4n) is 1.21. The summed E-state index contributed by atoms with van der Waals surface area (Å²) >= 11 is 7.67. The van der Waals surface area contributed by atoms with Crippen LogP contribution in [0.3, 0.4) is 0 Å². The Kier molecular flexibility index (Phi) is 8.32. The molecule has 1 atom stereocenters. The zero-order valence-electron chi connectivity index (χ0n) is 9.03. The lowest BCUT2D eigenvalue weighted by Crippen LogP contribution is -2.42. The number of rotatable bonds is 8. The van der Waals surface area contributed by atoms with E-state index in [0.29, 0.717) is 0 Å². The summed E-state index contributed by atoms with van der Waals surface area (Å²) in [6.07, 6.45) is 5.61. The van der Waals surface area contributed by atoms with Gasteiger partial charge in [0.1, 0.15) is 0 Å². The molecule has 0 aromatic heterocycles. The maximum atomic E-state index is 5.76. The minimum atomic E-state index is 0.250. The maximum Gasteiger partial charge on any atom is 0.0240 e. The van der Waals surface area contributed by atoms with Crippen LogP contribution in [0.5, 0.6) is 0 Å². The van der Waals surface area contributed by atoms with Gasteiger partial charge in [-0.1, -0.05) is 6.92 Å². The molecule has 0 saturated carbocycles. The highest BCUT2D eigenvalue weighted by molar-refractivity contribution is 7.98. The van der Waals surface area contributed by atoms with Crippen LogP contribution in [0.4, 0.5) is 0 Å². The fourth-order valence-corrected chi connectivity index (χ4v) is 2.06. The van der Waals surface area contributed by atoms with Gasteiger partial charge >= 0.3 is 0 Å². The Morgan fingerprint density at radius 3 is 2.62 bits per heavy atom. The molecule has 0 radical (unpaired) electrons. The first kappa shape index (κ1) is 13.6. The average molecular weight is 224 g/mol. The average Bonchev–Trinajstić information content (AvgIpc) is 2.13. The summed E-state index contributed by atoms with van der Waals surface area (Å²) in [5, 5.41) is 3.58. The molecule has 0 aromatic rings. The number of thioether (sulfide) groups is 1. The van der Waals surface area contributed by atoms with Crippen LogP contribution in [0.15, 0.2) is 0 Å². The molecule has 1 N–H and O–H groups in total. The second-order valence-corrected chi connectivity index (χ2v) is 4.99. The first-order valence-electron chi connectivity index (χ1n) is 4.98. The van der Waals surface area contributed by atoms with Gasteiger partial charge < -0.3 is 5.32 Å². The summed E-state index contributed by atoms with van der Waals surface area (Å²) in [6, 6.07) is 0. The molecule has 0 aliphatic rings. The van der Waals surface area contributed by atoms with Crippen molar-refractivity contribution >= 4 is 23.4 Å². The van der Waals surface area contributed by atoms with Gasteiger partial charge in [-0.3, -0.25) is 0 Å². The molecule has 80 valence electrons. The number of hydrogen-bond acceptors (Lipinski definition) is 2. The molecule has 0 saturated heterocycles. The third-order valence-corrected chi connectivity index (χ3v) is 3.39. The van der Waals surface area contributed by atoms with Crippen LogP contribution in [-0.2, 0) is 0 Å². The van der Waals surface area contributed by atoms with Crippen LogP contribution >= 0.6 is 23.4 Å². The Balaban J connectivity index is 3.57. The van der Waals surface area contributed by atoms with E-state index in [4.69, 9.17) is 11.6 Å². The second kappa shape index (κ2) is 7.95. The van der Waals surface area contributed by atoms with Crippen molar-refractivity contribution in [2.45, 2.75) is 38.6 Å². The van der Waals surface area contributed by atoms with Gasteiger partial charge in [-0.25, -0.2) is 0 Å². The summed E-state index contributed by atoms with van der Waals surface area (Å²) in [4.78, 5) is 0. The van der Waals surface area contributed by atoms with Crippen molar-refractivity contribution in [1.82, 2.24) is 5.32 Å². The van der Waals surface area contributed by atoms with Crippen LogP contribution in [0.1, 0.15) is 33.1 Å². The summed E-state index contributed by atoms with van der Waals surface area (Å²) in [5.74, 6) is 1.99. The zero-order valence-corrected chi connectivity index (χ0v) is 10.6. The highest BCUT2D eigenvalue weighted by Crippen LogP contribution is 2.14. The Hall–Kier alpha value is 0.600. The van der Waals surface area contributed by atoms with Crippen molar-refractivity contribution in [2.24, 2.45) is 0 Å². The Bertz CT molecular complexity index is 121. The van der Waals surface area contributed by atoms with Gasteiger partial charge in [0, 0.05) is 11.4 Å². The lowest BCUT2D eigenvalue weighted by atomic mass is 9.95. The molecule has 0 spiro atoms. The summed E-state index contributed by atoms with van der Waals surface area (Å²) < 4.78 is 0. The smallest absolute Gasteiger partial charge is 0.0240 e. The van der Waals surface area contributed by atoms with E-state index in [2.05, 4.69) is 25.4 Å². The quantitative estimate of drug-likeness (QED) is 0.501. The van der Waals surface area contributed by atoms with Crippen molar-refractivity contribution in [2.75, 3.05) is 24.4 Å². The van der Waals surface area contributed by atoms with E-state index in [1.54, 1.807) is 0 Å². The van der Waals surface area contributed by atoms with E-state index in [-0.39, 0.29) is 5.54 Å². The predicted octanol–water partition coefficient (Wildman–Crippen LogP) is 3.13. The Labute approximate surface area is 92.0 Å². The standard InChI is InChI=1S/C10H22ClNS/c1-4-10(2,6-7-11)12-8-5-9-13-3/h12H,4-9H2,1-3H3. The fraction of sp³-hybridized carbons (Fsp3) is 1.00. The van der Waals surface area contributed by atoms with Crippen molar-refractivity contribution < 1.29 is 0 Å². The molecular formula is C10H22ClNS. The molecular weight excluding hydrogens is 202 g/mol. The predicted molar refractivity (Wildman–Crippen MR) is 65.0 cm³/mol. The van der Waals surface area contributed by atoms with Gasteiger partial charge in [-0.15, -0.1) is 11.6 Å². The van der Waals surface area contributed by atoms with E-state index in [9.17, 15) is 0 Å². The van der Waals surface area contributed by atoms with Gasteiger partial charge in [0.15, 0.2) is 0 Å². The largest absolute Gasteiger partial charge is 0.311 e. The lowest BCUT2D eigenvalue weighted by molar-refractivity contribution is 0.335. The summed E-state index contributed by atoms with van der Waals surface area (Å²) in [7, 11) is 0. The van der Waals surface area contributed by atoms with Crippen LogP contribution in [0.2, 0.25) is 0 Å². The molecule has 0 heterocycles. The molecule has 0 bridgehead atoms. The number of hydrogen-bond donors (Lipinski definition) is 1. The molecule has 0 amide bonds. The first-order valence-corrected chi connectivity index (χ1v) is 6.91. The zero-order chi connectivity index (χ0) is 10.2. The number of nitrogens with one attached hydrogen (secondary N) is 1. The van der Waals surface area contributed by atoms with Crippen molar-refractivity contribution in [3.05, 3.63) is 0 Å². The number of alkyl halides is 1. The van der Waals surface area contributed by atoms with E-state index in [0.717, 1.165) is 25.3 Å². The summed E-state index contributed by atoms with van der Waals surface area (Å²) in [5.41, 5.74) is 0.250. The second-order valence-electron chi connectivity index (χ2n) is 3.63. The van der Waals surface area contributed by atoms with Gasteiger partial charge in [-0.2, -0.15) is 11.8 Å². The molecule has 0 rings (SSSR count). The number of halogens is 1. The van der Waals surface area contributed by atoms with Crippen molar-refractivity contribution in [3.63, 3.8) is 0 Å². The highest BCUT2D eigenvalue weighted by atomic mass is 35.5. The molecule has 3 heteroatoms. The maximum absolute atomic E-state index is 5.76. The van der Waals surface area contributed by atoms with Crippen LogP contribution < -0.4 is 5.32 Å². The van der Waals surface area contributed by atoms with Gasteiger partial charge in [-0.05, 0) is 44.7 Å². The van der Waals surface area contributed by atoms with E-state index < -0.39 is 0 Å². The SMILES string of the molecule is CCC(C)(CCCl)NCCCSC. The molecule has 0 aliphatic carbocycles. The van der Waals surface area contributed by atoms with E-state index >= 15 is 0 Å². The van der Waals surface area contributed by atoms with Crippen molar-refractivity contribution in [1.29, 1.82) is 0 Å². The minimum Gasteiger partial charge on any atom is -0.311 e. The minimum absolute atomic E-state index is 0.250. The van der Waals surface area contributed by atoms with E-state index in [1.165, 1.54) is 12.2 Å². The molecule has 0 aliphatic heterocycles. The van der Waals surface area contributed by atoms with Crippen LogP contribution in [0, 0.1) is 0 Å². The first-order chi connectivity index (χ1) is 6.18. The lowest BCUT2D eigenvalue weighted by Gasteiger charge is -2.29. The van der Waals surface area contributed by atoms with Gasteiger partial charge in [0.25, 0.3) is 0 Å². The summed E-state index contributed by atoms with van der Waals surface area (Å²) in [6.45, 7) is 5.59. The van der Waals surface area contributed by atoms with Crippen molar-refractivity contribution in [3.8, 4) is 0 Å². The van der Waals surface area contributed by atoms with Crippen LogP contribution in [-0.4, -0.2) is 30.0 Å². The third-order valence-electron chi connectivity index (χ3n) is 2.50. The molecule has 0 aromatic carbocycles.